The second-order valence-corrected chi connectivity index (χ2v) is 5.43. The van der Waals surface area contributed by atoms with Crippen LogP contribution in [0.5, 0.6) is 0 Å². The Morgan fingerprint density at radius 1 is 1.30 bits per heavy atom. The van der Waals surface area contributed by atoms with E-state index in [4.69, 9.17) is 4.74 Å². The summed E-state index contributed by atoms with van der Waals surface area (Å²) >= 11 is 0. The number of aliphatic hydroxyl groups excluding tert-OH is 1. The van der Waals surface area contributed by atoms with Gasteiger partial charge in [-0.2, -0.15) is 0 Å². The second kappa shape index (κ2) is 7.52. The molecule has 1 aromatic heterocycles. The van der Waals surface area contributed by atoms with E-state index in [9.17, 15) is 5.11 Å². The number of ether oxygens (including phenoxy) is 1. The lowest BCUT2D eigenvalue weighted by Gasteiger charge is -2.26. The minimum Gasteiger partial charge on any atom is -0.392 e. The average molecular weight is 280 g/mol. The summed E-state index contributed by atoms with van der Waals surface area (Å²) in [5, 5.41) is 12.9. The maximum absolute atomic E-state index is 9.71. The van der Waals surface area contributed by atoms with E-state index in [1.807, 2.05) is 26.2 Å². The maximum Gasteiger partial charge on any atom is 0.225 e. The fourth-order valence-electron chi connectivity index (χ4n) is 1.97. The summed E-state index contributed by atoms with van der Waals surface area (Å²) in [4.78, 5) is 10.9. The van der Waals surface area contributed by atoms with Crippen molar-refractivity contribution in [1.29, 1.82) is 0 Å². The Morgan fingerprint density at radius 2 is 1.95 bits per heavy atom. The molecule has 1 aromatic rings. The monoisotopic (exact) mass is 280 g/mol. The molecule has 112 valence electrons. The molecule has 2 rings (SSSR count). The van der Waals surface area contributed by atoms with Crippen LogP contribution in [0.3, 0.4) is 0 Å². The highest BCUT2D eigenvalue weighted by Crippen LogP contribution is 2.09. The zero-order valence-electron chi connectivity index (χ0n) is 12.2. The van der Waals surface area contributed by atoms with Crippen LogP contribution in [0.1, 0.15) is 19.4 Å². The summed E-state index contributed by atoms with van der Waals surface area (Å²) in [7, 11) is 0. The highest BCUT2D eigenvalue weighted by Gasteiger charge is 2.13. The van der Waals surface area contributed by atoms with Crippen LogP contribution in [-0.4, -0.2) is 54.0 Å². The minimum absolute atomic E-state index is 0.266. The van der Waals surface area contributed by atoms with Gasteiger partial charge in [-0.05, 0) is 5.92 Å². The van der Waals surface area contributed by atoms with E-state index < -0.39 is 0 Å². The van der Waals surface area contributed by atoms with Crippen LogP contribution in [0, 0.1) is 5.92 Å². The lowest BCUT2D eigenvalue weighted by Crippen LogP contribution is -2.37. The Labute approximate surface area is 120 Å². The predicted octanol–water partition coefficient (Wildman–Crippen LogP) is 0.420. The molecule has 1 atom stereocenters. The van der Waals surface area contributed by atoms with Crippen molar-refractivity contribution >= 4 is 5.95 Å². The maximum atomic E-state index is 9.71. The fourth-order valence-corrected chi connectivity index (χ4v) is 1.97. The summed E-state index contributed by atoms with van der Waals surface area (Å²) in [6.45, 7) is 8.44. The Kier molecular flexibility index (Phi) is 5.70. The highest BCUT2D eigenvalue weighted by atomic mass is 16.5. The van der Waals surface area contributed by atoms with Gasteiger partial charge in [-0.3, -0.25) is 0 Å². The van der Waals surface area contributed by atoms with E-state index in [2.05, 4.69) is 20.2 Å². The van der Waals surface area contributed by atoms with Gasteiger partial charge in [0.05, 0.1) is 19.3 Å². The van der Waals surface area contributed by atoms with E-state index in [1.54, 1.807) is 0 Å². The van der Waals surface area contributed by atoms with Crippen LogP contribution in [-0.2, 0) is 11.3 Å². The molecule has 1 fully saturated rings. The lowest BCUT2D eigenvalue weighted by atomic mass is 10.1. The molecule has 20 heavy (non-hydrogen) atoms. The van der Waals surface area contributed by atoms with Crippen molar-refractivity contribution in [2.75, 3.05) is 37.7 Å². The fraction of sp³-hybridized carbons (Fsp3) is 0.714. The number of nitrogens with zero attached hydrogens (tertiary/aromatic N) is 3. The van der Waals surface area contributed by atoms with Gasteiger partial charge < -0.3 is 20.1 Å². The van der Waals surface area contributed by atoms with Gasteiger partial charge >= 0.3 is 0 Å². The van der Waals surface area contributed by atoms with Crippen molar-refractivity contribution < 1.29 is 9.84 Å². The third kappa shape index (κ3) is 4.40. The molecule has 6 nitrogen and oxygen atoms in total. The molecular weight excluding hydrogens is 256 g/mol. The molecule has 1 aliphatic heterocycles. The Morgan fingerprint density at radius 3 is 2.55 bits per heavy atom. The first-order chi connectivity index (χ1) is 9.66. The first kappa shape index (κ1) is 15.2. The van der Waals surface area contributed by atoms with Gasteiger partial charge in [-0.1, -0.05) is 13.8 Å². The van der Waals surface area contributed by atoms with Crippen LogP contribution < -0.4 is 10.2 Å². The number of hydrogen-bond donors (Lipinski definition) is 2. The van der Waals surface area contributed by atoms with Crippen molar-refractivity contribution in [1.82, 2.24) is 15.3 Å². The zero-order valence-corrected chi connectivity index (χ0v) is 12.2. The molecule has 0 aliphatic carbocycles. The molecule has 2 N–H and O–H groups in total. The minimum atomic E-state index is -0.316. The largest absolute Gasteiger partial charge is 0.392 e. The molecule has 1 saturated heterocycles. The summed E-state index contributed by atoms with van der Waals surface area (Å²) < 4.78 is 5.31. The van der Waals surface area contributed by atoms with E-state index >= 15 is 0 Å². The SMILES string of the molecule is CC(C)C(O)CNCc1cnc(N2CCOCC2)nc1. The van der Waals surface area contributed by atoms with E-state index in [1.165, 1.54) is 0 Å². The molecule has 0 saturated carbocycles. The van der Waals surface area contributed by atoms with E-state index in [0.717, 1.165) is 37.8 Å². The number of hydrogen-bond acceptors (Lipinski definition) is 6. The van der Waals surface area contributed by atoms with Gasteiger partial charge in [0.2, 0.25) is 5.95 Å². The van der Waals surface area contributed by atoms with Gasteiger partial charge in [-0.15, -0.1) is 0 Å². The summed E-state index contributed by atoms with van der Waals surface area (Å²) in [6, 6.07) is 0. The van der Waals surface area contributed by atoms with Gasteiger partial charge in [0.25, 0.3) is 0 Å². The number of aromatic nitrogens is 2. The standard InChI is InChI=1S/C14H24N4O2/c1-11(2)13(19)10-15-7-12-8-16-14(17-9-12)18-3-5-20-6-4-18/h8-9,11,13,15,19H,3-7,10H2,1-2H3. The number of morpholine rings is 1. The van der Waals surface area contributed by atoms with Gasteiger partial charge in [0.15, 0.2) is 0 Å². The third-order valence-corrected chi connectivity index (χ3v) is 3.44. The number of rotatable bonds is 6. The Hall–Kier alpha value is -1.24. The molecule has 6 heteroatoms. The van der Waals surface area contributed by atoms with Crippen LogP contribution in [0.15, 0.2) is 12.4 Å². The number of nitrogens with one attached hydrogen (secondary N) is 1. The van der Waals surface area contributed by atoms with Gasteiger partial charge in [-0.25, -0.2) is 9.97 Å². The van der Waals surface area contributed by atoms with Crippen molar-refractivity contribution in [2.45, 2.75) is 26.5 Å². The van der Waals surface area contributed by atoms with E-state index in [0.29, 0.717) is 13.1 Å². The normalized spacial score (nSPS) is 17.5. The topological polar surface area (TPSA) is 70.5 Å². The average Bonchev–Trinajstić information content (AvgIpc) is 2.48. The lowest BCUT2D eigenvalue weighted by molar-refractivity contribution is 0.122. The molecule has 0 amide bonds. The second-order valence-electron chi connectivity index (χ2n) is 5.43. The molecule has 0 bridgehead atoms. The molecule has 1 aliphatic rings. The first-order valence-electron chi connectivity index (χ1n) is 7.19. The van der Waals surface area contributed by atoms with Gasteiger partial charge in [0.1, 0.15) is 0 Å². The van der Waals surface area contributed by atoms with Crippen molar-refractivity contribution in [3.8, 4) is 0 Å². The summed E-state index contributed by atoms with van der Waals surface area (Å²) in [5.41, 5.74) is 1.03. The smallest absolute Gasteiger partial charge is 0.225 e. The molecule has 1 unspecified atom stereocenters. The van der Waals surface area contributed by atoms with Gasteiger partial charge in [0, 0.05) is 44.1 Å². The van der Waals surface area contributed by atoms with Crippen LogP contribution >= 0.6 is 0 Å². The van der Waals surface area contributed by atoms with Crippen LogP contribution in [0.2, 0.25) is 0 Å². The number of aliphatic hydroxyl groups is 1. The Balaban J connectivity index is 1.79. The van der Waals surface area contributed by atoms with Crippen molar-refractivity contribution in [3.05, 3.63) is 18.0 Å². The molecular formula is C14H24N4O2. The predicted molar refractivity (Wildman–Crippen MR) is 77.6 cm³/mol. The molecule has 2 heterocycles. The first-order valence-corrected chi connectivity index (χ1v) is 7.19. The molecule has 0 aromatic carbocycles. The zero-order chi connectivity index (χ0) is 14.4. The molecule has 0 spiro atoms. The Bertz CT molecular complexity index is 391. The van der Waals surface area contributed by atoms with Crippen LogP contribution in [0.25, 0.3) is 0 Å². The third-order valence-electron chi connectivity index (χ3n) is 3.44. The molecule has 0 radical (unpaired) electrons. The number of anilines is 1. The quantitative estimate of drug-likeness (QED) is 0.787. The van der Waals surface area contributed by atoms with Crippen LogP contribution in [0.4, 0.5) is 5.95 Å². The summed E-state index contributed by atoms with van der Waals surface area (Å²) in [6.07, 6.45) is 3.36. The highest BCUT2D eigenvalue weighted by molar-refractivity contribution is 5.30. The van der Waals surface area contributed by atoms with Crippen molar-refractivity contribution in [3.63, 3.8) is 0 Å². The van der Waals surface area contributed by atoms with E-state index in [-0.39, 0.29) is 12.0 Å². The van der Waals surface area contributed by atoms with Crippen molar-refractivity contribution in [2.24, 2.45) is 5.92 Å². The summed E-state index contributed by atoms with van der Waals surface area (Å²) in [5.74, 6) is 1.03.